The van der Waals surface area contributed by atoms with Gasteiger partial charge in [-0.25, -0.2) is 0 Å². The van der Waals surface area contributed by atoms with E-state index in [0.717, 1.165) is 0 Å². The van der Waals surface area contributed by atoms with Gasteiger partial charge < -0.3 is 0 Å². The lowest BCUT2D eigenvalue weighted by Crippen LogP contribution is -2.24. The van der Waals surface area contributed by atoms with Crippen LogP contribution < -0.4 is 0 Å². The fourth-order valence-electron chi connectivity index (χ4n) is 1.84. The summed E-state index contributed by atoms with van der Waals surface area (Å²) in [5, 5.41) is 0. The van der Waals surface area contributed by atoms with E-state index in [0.29, 0.717) is 11.1 Å². The smallest absolute Gasteiger partial charge is 0.181 e. The molecule has 0 amide bonds. The van der Waals surface area contributed by atoms with E-state index in [9.17, 15) is 14.4 Å². The maximum atomic E-state index is 11.8. The number of Topliss-reactive ketones (excluding diaryl/α,β-unsaturated/α-hetero) is 3. The van der Waals surface area contributed by atoms with Gasteiger partial charge in [0.1, 0.15) is 5.92 Å². The summed E-state index contributed by atoms with van der Waals surface area (Å²) < 4.78 is 0. The molecular weight excluding hydrogens is 192 g/mol. The molecule has 0 saturated carbocycles. The van der Waals surface area contributed by atoms with Gasteiger partial charge in [-0.3, -0.25) is 14.4 Å². The minimum absolute atomic E-state index is 0.218. The number of ketones is 3. The molecule has 0 spiro atoms. The lowest BCUT2D eigenvalue weighted by molar-refractivity contribution is -0.119. The van der Waals surface area contributed by atoms with Crippen molar-refractivity contribution in [2.45, 2.75) is 13.3 Å². The lowest BCUT2D eigenvalue weighted by Gasteiger charge is -2.01. The van der Waals surface area contributed by atoms with E-state index in [-0.39, 0.29) is 23.8 Å². The van der Waals surface area contributed by atoms with Gasteiger partial charge in [-0.1, -0.05) is 31.2 Å². The molecule has 1 aromatic carbocycles. The van der Waals surface area contributed by atoms with Crippen molar-refractivity contribution in [3.05, 3.63) is 35.4 Å². The van der Waals surface area contributed by atoms with Gasteiger partial charge >= 0.3 is 0 Å². The summed E-state index contributed by atoms with van der Waals surface area (Å²) in [7, 11) is 0. The van der Waals surface area contributed by atoms with Crippen molar-refractivity contribution in [3.63, 3.8) is 0 Å². The zero-order valence-corrected chi connectivity index (χ0v) is 8.32. The van der Waals surface area contributed by atoms with Gasteiger partial charge in [-0.05, 0) is 0 Å². The number of rotatable bonds is 2. The van der Waals surface area contributed by atoms with Gasteiger partial charge in [0.15, 0.2) is 17.3 Å². The Morgan fingerprint density at radius 2 is 1.60 bits per heavy atom. The van der Waals surface area contributed by atoms with Crippen LogP contribution in [0.25, 0.3) is 0 Å². The second kappa shape index (κ2) is 3.42. The van der Waals surface area contributed by atoms with Crippen LogP contribution in [0.1, 0.15) is 34.1 Å². The summed E-state index contributed by atoms with van der Waals surface area (Å²) in [5.74, 6) is -2.06. The molecule has 0 atom stereocenters. The average molecular weight is 202 g/mol. The van der Waals surface area contributed by atoms with Crippen molar-refractivity contribution in [2.24, 2.45) is 5.92 Å². The molecule has 0 heterocycles. The molecule has 76 valence electrons. The maximum Gasteiger partial charge on any atom is 0.181 e. The predicted octanol–water partition coefficient (Wildman–Crippen LogP) is 1.66. The third-order valence-corrected chi connectivity index (χ3v) is 2.65. The van der Waals surface area contributed by atoms with Crippen LogP contribution in [-0.2, 0) is 4.79 Å². The topological polar surface area (TPSA) is 51.2 Å². The van der Waals surface area contributed by atoms with E-state index >= 15 is 0 Å². The number of benzene rings is 1. The second-order valence-corrected chi connectivity index (χ2v) is 3.53. The van der Waals surface area contributed by atoms with Gasteiger partial charge in [0, 0.05) is 17.5 Å². The molecular formula is C12H10O3. The first-order valence-corrected chi connectivity index (χ1v) is 4.87. The third kappa shape index (κ3) is 1.31. The molecule has 0 unspecified atom stereocenters. The lowest BCUT2D eigenvalue weighted by atomic mass is 9.97. The number of carbonyl (C=O) groups excluding carboxylic acids is 3. The average Bonchev–Trinajstić information content (AvgIpc) is 2.52. The zero-order chi connectivity index (χ0) is 11.0. The minimum Gasteiger partial charge on any atom is -0.298 e. The van der Waals surface area contributed by atoms with Crippen molar-refractivity contribution in [1.82, 2.24) is 0 Å². The maximum absolute atomic E-state index is 11.8. The Balaban J connectivity index is 2.50. The molecule has 0 aliphatic heterocycles. The second-order valence-electron chi connectivity index (χ2n) is 3.53. The summed E-state index contributed by atoms with van der Waals surface area (Å²) in [5.41, 5.74) is 0.767. The Hall–Kier alpha value is -1.77. The molecule has 3 nitrogen and oxygen atoms in total. The van der Waals surface area contributed by atoms with E-state index in [2.05, 4.69) is 0 Å². The van der Waals surface area contributed by atoms with Crippen LogP contribution in [-0.4, -0.2) is 17.3 Å². The van der Waals surface area contributed by atoms with Gasteiger partial charge in [0.2, 0.25) is 0 Å². The van der Waals surface area contributed by atoms with Crippen molar-refractivity contribution in [1.29, 1.82) is 0 Å². The molecule has 0 N–H and O–H groups in total. The van der Waals surface area contributed by atoms with Crippen molar-refractivity contribution < 1.29 is 14.4 Å². The first kappa shape index (κ1) is 9.77. The largest absolute Gasteiger partial charge is 0.298 e. The van der Waals surface area contributed by atoms with Crippen LogP contribution in [0.5, 0.6) is 0 Å². The fourth-order valence-corrected chi connectivity index (χ4v) is 1.84. The van der Waals surface area contributed by atoms with Crippen LogP contribution in [0.15, 0.2) is 24.3 Å². The highest BCUT2D eigenvalue weighted by molar-refractivity contribution is 6.35. The molecule has 0 bridgehead atoms. The number of hydrogen-bond acceptors (Lipinski definition) is 3. The highest BCUT2D eigenvalue weighted by Gasteiger charge is 2.41. The Kier molecular flexibility index (Phi) is 2.23. The first-order valence-electron chi connectivity index (χ1n) is 4.87. The van der Waals surface area contributed by atoms with Crippen LogP contribution in [0.4, 0.5) is 0 Å². The molecule has 3 heteroatoms. The van der Waals surface area contributed by atoms with Crippen LogP contribution >= 0.6 is 0 Å². The van der Waals surface area contributed by atoms with E-state index < -0.39 is 5.92 Å². The van der Waals surface area contributed by atoms with Crippen molar-refractivity contribution >= 4 is 17.3 Å². The molecule has 0 fully saturated rings. The van der Waals surface area contributed by atoms with Crippen molar-refractivity contribution in [3.8, 4) is 0 Å². The first-order chi connectivity index (χ1) is 7.16. The molecule has 1 aliphatic carbocycles. The monoisotopic (exact) mass is 202 g/mol. The highest BCUT2D eigenvalue weighted by Crippen LogP contribution is 2.27. The van der Waals surface area contributed by atoms with E-state index in [1.807, 2.05) is 0 Å². The van der Waals surface area contributed by atoms with Crippen LogP contribution in [0.2, 0.25) is 0 Å². The molecule has 2 rings (SSSR count). The molecule has 1 aliphatic rings. The van der Waals surface area contributed by atoms with Gasteiger partial charge in [0.05, 0.1) is 0 Å². The minimum atomic E-state index is -1.08. The molecule has 0 radical (unpaired) electrons. The summed E-state index contributed by atoms with van der Waals surface area (Å²) >= 11 is 0. The number of hydrogen-bond donors (Lipinski definition) is 0. The van der Waals surface area contributed by atoms with Gasteiger partial charge in [0.25, 0.3) is 0 Å². The normalized spacial score (nSPS) is 15.5. The summed E-state index contributed by atoms with van der Waals surface area (Å²) in [6.07, 6.45) is 0.218. The summed E-state index contributed by atoms with van der Waals surface area (Å²) in [6.45, 7) is 1.66. The molecule has 15 heavy (non-hydrogen) atoms. The Morgan fingerprint density at radius 1 is 1.13 bits per heavy atom. The highest BCUT2D eigenvalue weighted by atomic mass is 16.2. The van der Waals surface area contributed by atoms with Gasteiger partial charge in [-0.15, -0.1) is 0 Å². The van der Waals surface area contributed by atoms with E-state index in [4.69, 9.17) is 0 Å². The fraction of sp³-hybridized carbons (Fsp3) is 0.250. The predicted molar refractivity (Wildman–Crippen MR) is 53.9 cm³/mol. The van der Waals surface area contributed by atoms with E-state index in [1.54, 1.807) is 31.2 Å². The molecule has 1 aromatic rings. The van der Waals surface area contributed by atoms with Crippen LogP contribution in [0.3, 0.4) is 0 Å². The van der Waals surface area contributed by atoms with Gasteiger partial charge in [-0.2, -0.15) is 0 Å². The Morgan fingerprint density at radius 3 is 2.00 bits per heavy atom. The number of fused-ring (bicyclic) bond motifs is 1. The van der Waals surface area contributed by atoms with E-state index in [1.165, 1.54) is 0 Å². The third-order valence-electron chi connectivity index (χ3n) is 2.65. The summed E-state index contributed by atoms with van der Waals surface area (Å²) in [4.78, 5) is 35.0. The SMILES string of the molecule is CCC(=O)C1C(=O)c2ccccc2C1=O. The molecule has 0 saturated heterocycles. The number of carbonyl (C=O) groups is 3. The van der Waals surface area contributed by atoms with Crippen molar-refractivity contribution in [2.75, 3.05) is 0 Å². The quantitative estimate of drug-likeness (QED) is 0.685. The molecule has 0 aromatic heterocycles. The zero-order valence-electron chi connectivity index (χ0n) is 8.32. The standard InChI is InChI=1S/C12H10O3/c1-2-9(13)10-11(14)7-5-3-4-6-8(7)12(10)15/h3-6,10H,2H2,1H3. The summed E-state index contributed by atoms with van der Waals surface area (Å²) in [6, 6.07) is 6.59. The Bertz CT molecular complexity index is 425. The Labute approximate surface area is 87.1 Å². The van der Waals surface area contributed by atoms with Crippen LogP contribution in [0, 0.1) is 5.92 Å².